The zero-order chi connectivity index (χ0) is 11.8. The lowest BCUT2D eigenvalue weighted by atomic mass is 9.93. The molecule has 1 heterocycles. The van der Waals surface area contributed by atoms with Gasteiger partial charge in [-0.1, -0.05) is 19.3 Å². The third kappa shape index (κ3) is 2.57. The van der Waals surface area contributed by atoms with E-state index < -0.39 is 9.84 Å². The zero-order valence-electron chi connectivity index (χ0n) is 9.93. The summed E-state index contributed by atoms with van der Waals surface area (Å²) >= 11 is 0. The van der Waals surface area contributed by atoms with Gasteiger partial charge >= 0.3 is 0 Å². The molecule has 2 unspecified atom stereocenters. The van der Waals surface area contributed by atoms with Crippen LogP contribution >= 0.6 is 0 Å². The Morgan fingerprint density at radius 1 is 1.12 bits per heavy atom. The van der Waals surface area contributed by atoms with Gasteiger partial charge in [0.2, 0.25) is 0 Å². The van der Waals surface area contributed by atoms with E-state index in [4.69, 9.17) is 5.73 Å². The van der Waals surface area contributed by atoms with Gasteiger partial charge in [-0.3, -0.25) is 4.90 Å². The molecule has 2 fully saturated rings. The fourth-order valence-electron chi connectivity index (χ4n) is 3.03. The number of nitrogens with zero attached hydrogens (tertiary/aromatic N) is 1. The molecule has 0 radical (unpaired) electrons. The second-order valence-corrected chi connectivity index (χ2v) is 7.42. The predicted molar refractivity (Wildman–Crippen MR) is 65.1 cm³/mol. The summed E-state index contributed by atoms with van der Waals surface area (Å²) in [5, 5.41) is 0. The first-order valence-corrected chi connectivity index (χ1v) is 8.00. The Morgan fingerprint density at radius 3 is 2.25 bits per heavy atom. The maximum absolute atomic E-state index is 11.5. The molecule has 94 valence electrons. The smallest absolute Gasteiger partial charge is 0.153 e. The summed E-state index contributed by atoms with van der Waals surface area (Å²) in [5.74, 6) is 0.413. The summed E-state index contributed by atoms with van der Waals surface area (Å²) in [4.78, 5) is 2.23. The van der Waals surface area contributed by atoms with Crippen molar-refractivity contribution in [3.63, 3.8) is 0 Å². The van der Waals surface area contributed by atoms with Crippen molar-refractivity contribution in [3.8, 4) is 0 Å². The SMILES string of the molecule is CN(C1CCCCC1)C1CS(=O)(=O)CC1N. The molecule has 0 bridgehead atoms. The molecule has 2 N–H and O–H groups in total. The summed E-state index contributed by atoms with van der Waals surface area (Å²) in [5.41, 5.74) is 5.94. The van der Waals surface area contributed by atoms with Crippen LogP contribution in [0.3, 0.4) is 0 Å². The highest BCUT2D eigenvalue weighted by atomic mass is 32.2. The summed E-state index contributed by atoms with van der Waals surface area (Å²) in [7, 11) is -0.852. The van der Waals surface area contributed by atoms with E-state index in [1.54, 1.807) is 0 Å². The molecule has 1 aliphatic carbocycles. The number of likely N-dealkylation sites (N-methyl/N-ethyl adjacent to an activating group) is 1. The summed E-state index contributed by atoms with van der Waals surface area (Å²) in [6.07, 6.45) is 6.24. The molecule has 5 heteroatoms. The maximum Gasteiger partial charge on any atom is 0.153 e. The Bertz CT molecular complexity index is 336. The van der Waals surface area contributed by atoms with Gasteiger partial charge in [0.15, 0.2) is 9.84 Å². The Labute approximate surface area is 98.1 Å². The van der Waals surface area contributed by atoms with Crippen LogP contribution in [0.4, 0.5) is 0 Å². The van der Waals surface area contributed by atoms with Crippen LogP contribution < -0.4 is 5.73 Å². The minimum Gasteiger partial charge on any atom is -0.325 e. The Morgan fingerprint density at radius 2 is 1.75 bits per heavy atom. The average Bonchev–Trinajstić information content (AvgIpc) is 2.52. The van der Waals surface area contributed by atoms with Gasteiger partial charge in [-0.15, -0.1) is 0 Å². The quantitative estimate of drug-likeness (QED) is 0.765. The average molecular weight is 246 g/mol. The second kappa shape index (κ2) is 4.63. The highest BCUT2D eigenvalue weighted by Crippen LogP contribution is 2.26. The van der Waals surface area contributed by atoms with Crippen molar-refractivity contribution in [1.82, 2.24) is 4.90 Å². The Kier molecular flexibility index (Phi) is 3.56. The first-order chi connectivity index (χ1) is 7.49. The first-order valence-electron chi connectivity index (χ1n) is 6.17. The normalized spacial score (nSPS) is 35.7. The third-order valence-corrected chi connectivity index (χ3v) is 5.78. The van der Waals surface area contributed by atoms with Crippen molar-refractivity contribution in [2.45, 2.75) is 50.2 Å². The number of hydrogen-bond acceptors (Lipinski definition) is 4. The number of rotatable bonds is 2. The zero-order valence-corrected chi connectivity index (χ0v) is 10.7. The number of nitrogens with two attached hydrogens (primary N) is 1. The van der Waals surface area contributed by atoms with Gasteiger partial charge in [-0.2, -0.15) is 0 Å². The highest BCUT2D eigenvalue weighted by molar-refractivity contribution is 7.91. The summed E-state index contributed by atoms with van der Waals surface area (Å²) < 4.78 is 23.1. The van der Waals surface area contributed by atoms with Crippen LogP contribution in [0.5, 0.6) is 0 Å². The van der Waals surface area contributed by atoms with Crippen LogP contribution in [-0.4, -0.2) is 50.0 Å². The second-order valence-electron chi connectivity index (χ2n) is 5.27. The predicted octanol–water partition coefficient (Wildman–Crippen LogP) is 0.375. The topological polar surface area (TPSA) is 63.4 Å². The summed E-state index contributed by atoms with van der Waals surface area (Å²) in [6.45, 7) is 0. The van der Waals surface area contributed by atoms with Gasteiger partial charge in [-0.05, 0) is 19.9 Å². The fourth-order valence-corrected chi connectivity index (χ4v) is 4.98. The lowest BCUT2D eigenvalue weighted by Gasteiger charge is -2.36. The molecule has 2 rings (SSSR count). The molecule has 2 aliphatic rings. The van der Waals surface area contributed by atoms with Gasteiger partial charge in [0.1, 0.15) is 0 Å². The van der Waals surface area contributed by atoms with Crippen LogP contribution in [-0.2, 0) is 9.84 Å². The lowest BCUT2D eigenvalue weighted by Crippen LogP contribution is -2.50. The van der Waals surface area contributed by atoms with Crippen molar-refractivity contribution >= 4 is 9.84 Å². The van der Waals surface area contributed by atoms with Crippen molar-refractivity contribution < 1.29 is 8.42 Å². The van der Waals surface area contributed by atoms with Gasteiger partial charge in [0, 0.05) is 18.1 Å². The highest BCUT2D eigenvalue weighted by Gasteiger charge is 2.39. The molecule has 0 aromatic rings. The van der Waals surface area contributed by atoms with Crippen molar-refractivity contribution in [1.29, 1.82) is 0 Å². The monoisotopic (exact) mass is 246 g/mol. The molecule has 0 aromatic heterocycles. The molecule has 0 spiro atoms. The number of hydrogen-bond donors (Lipinski definition) is 1. The van der Waals surface area contributed by atoms with Crippen molar-refractivity contribution in [3.05, 3.63) is 0 Å². The molecule has 16 heavy (non-hydrogen) atoms. The van der Waals surface area contributed by atoms with E-state index >= 15 is 0 Å². The molecule has 2 atom stereocenters. The minimum atomic E-state index is -2.90. The molecule has 1 saturated heterocycles. The van der Waals surface area contributed by atoms with Crippen LogP contribution in [0.1, 0.15) is 32.1 Å². The molecule has 0 aromatic carbocycles. The van der Waals surface area contributed by atoms with E-state index in [2.05, 4.69) is 4.90 Å². The van der Waals surface area contributed by atoms with Crippen molar-refractivity contribution in [2.75, 3.05) is 18.6 Å². The van der Waals surface area contributed by atoms with E-state index in [1.165, 1.54) is 32.1 Å². The molecule has 1 saturated carbocycles. The van der Waals surface area contributed by atoms with Crippen LogP contribution in [0.2, 0.25) is 0 Å². The van der Waals surface area contributed by atoms with Crippen LogP contribution in [0.25, 0.3) is 0 Å². The number of sulfone groups is 1. The van der Waals surface area contributed by atoms with E-state index in [0.717, 1.165) is 0 Å². The van der Waals surface area contributed by atoms with Gasteiger partial charge in [0.05, 0.1) is 11.5 Å². The largest absolute Gasteiger partial charge is 0.325 e. The van der Waals surface area contributed by atoms with Gasteiger partial charge in [0.25, 0.3) is 0 Å². The molecular weight excluding hydrogens is 224 g/mol. The molecule has 0 amide bonds. The van der Waals surface area contributed by atoms with Gasteiger partial charge < -0.3 is 5.73 Å². The van der Waals surface area contributed by atoms with Gasteiger partial charge in [-0.25, -0.2) is 8.42 Å². The molecule has 4 nitrogen and oxygen atoms in total. The minimum absolute atomic E-state index is 0.0353. The van der Waals surface area contributed by atoms with Crippen LogP contribution in [0.15, 0.2) is 0 Å². The van der Waals surface area contributed by atoms with Crippen molar-refractivity contribution in [2.24, 2.45) is 5.73 Å². The maximum atomic E-state index is 11.5. The molecule has 1 aliphatic heterocycles. The van der Waals surface area contributed by atoms with E-state index in [1.807, 2.05) is 7.05 Å². The van der Waals surface area contributed by atoms with E-state index in [0.29, 0.717) is 6.04 Å². The third-order valence-electron chi connectivity index (χ3n) is 4.04. The standard InChI is InChI=1S/C11H22N2O2S/c1-13(9-5-3-2-4-6-9)11-8-16(14,15)7-10(11)12/h9-11H,2-8,12H2,1H3. The lowest BCUT2D eigenvalue weighted by molar-refractivity contribution is 0.140. The molecular formula is C11H22N2O2S. The Hall–Kier alpha value is -0.130. The first kappa shape index (κ1) is 12.3. The fraction of sp³-hybridized carbons (Fsp3) is 1.00. The van der Waals surface area contributed by atoms with Crippen LogP contribution in [0, 0.1) is 0 Å². The van der Waals surface area contributed by atoms with E-state index in [-0.39, 0.29) is 23.6 Å². The Balaban J connectivity index is 2.01. The summed E-state index contributed by atoms with van der Waals surface area (Å²) in [6, 6.07) is 0.378. The van der Waals surface area contributed by atoms with E-state index in [9.17, 15) is 8.42 Å².